The number of hydrogen-bond donors (Lipinski definition) is 1. The second kappa shape index (κ2) is 12.0. The molecule has 0 saturated carbocycles. The zero-order chi connectivity index (χ0) is 15.9. The van der Waals surface area contributed by atoms with Crippen LogP contribution in [-0.2, 0) is 0 Å². The molecular weight excluding hydrogens is 417 g/mol. The number of halogens is 3. The van der Waals surface area contributed by atoms with Gasteiger partial charge >= 0.3 is 0 Å². The van der Waals surface area contributed by atoms with Crippen molar-refractivity contribution in [2.75, 3.05) is 26.2 Å². The number of piperazine rings is 1. The van der Waals surface area contributed by atoms with Crippen LogP contribution in [0.4, 0.5) is 5.69 Å². The minimum atomic E-state index is -0.311. The molecule has 1 N–H and O–H groups in total. The van der Waals surface area contributed by atoms with Crippen molar-refractivity contribution in [2.24, 2.45) is 0 Å². The SMILES string of the molecule is CCCCC[C@H](c1ccc(Br)c([N+](=O)[O-])c1)N1CCNCC1.Cl.Cl. The Kier molecular flexibility index (Phi) is 11.8. The molecule has 0 spiro atoms. The van der Waals surface area contributed by atoms with E-state index in [0.29, 0.717) is 4.47 Å². The Labute approximate surface area is 164 Å². The van der Waals surface area contributed by atoms with Crippen LogP contribution in [-0.4, -0.2) is 36.0 Å². The van der Waals surface area contributed by atoms with E-state index in [-0.39, 0.29) is 41.5 Å². The summed E-state index contributed by atoms with van der Waals surface area (Å²) in [7, 11) is 0. The monoisotopic (exact) mass is 441 g/mol. The first-order valence-electron chi connectivity index (χ1n) is 8.02. The van der Waals surface area contributed by atoms with E-state index < -0.39 is 0 Å². The van der Waals surface area contributed by atoms with Crippen molar-refractivity contribution < 1.29 is 4.92 Å². The number of nitro groups is 1. The summed E-state index contributed by atoms with van der Waals surface area (Å²) in [5.41, 5.74) is 1.22. The van der Waals surface area contributed by atoms with Crippen LogP contribution in [0.3, 0.4) is 0 Å². The highest BCUT2D eigenvalue weighted by Gasteiger charge is 2.24. The first-order valence-corrected chi connectivity index (χ1v) is 8.81. The number of unbranched alkanes of at least 4 members (excludes halogenated alkanes) is 2. The van der Waals surface area contributed by atoms with Crippen molar-refractivity contribution in [2.45, 2.75) is 38.6 Å². The molecule has 0 unspecified atom stereocenters. The van der Waals surface area contributed by atoms with E-state index in [2.05, 4.69) is 33.1 Å². The van der Waals surface area contributed by atoms with E-state index in [1.54, 1.807) is 6.07 Å². The minimum absolute atomic E-state index is 0. The highest BCUT2D eigenvalue weighted by molar-refractivity contribution is 9.10. The lowest BCUT2D eigenvalue weighted by molar-refractivity contribution is -0.385. The van der Waals surface area contributed by atoms with Gasteiger partial charge in [-0.25, -0.2) is 0 Å². The number of benzene rings is 1. The van der Waals surface area contributed by atoms with Crippen LogP contribution >= 0.6 is 40.7 Å². The second-order valence-electron chi connectivity index (χ2n) is 5.77. The normalized spacial score (nSPS) is 15.9. The predicted octanol–water partition coefficient (Wildman–Crippen LogP) is 4.73. The highest BCUT2D eigenvalue weighted by atomic mass is 79.9. The van der Waals surface area contributed by atoms with Gasteiger partial charge < -0.3 is 5.32 Å². The average Bonchev–Trinajstić information content (AvgIpc) is 2.53. The summed E-state index contributed by atoms with van der Waals surface area (Å²) >= 11 is 3.27. The van der Waals surface area contributed by atoms with Crippen molar-refractivity contribution >= 4 is 46.4 Å². The summed E-state index contributed by atoms with van der Waals surface area (Å²) in [6, 6.07) is 5.85. The topological polar surface area (TPSA) is 58.4 Å². The Balaban J connectivity index is 0.00000264. The fourth-order valence-electron chi connectivity index (χ4n) is 3.02. The van der Waals surface area contributed by atoms with Gasteiger partial charge in [0, 0.05) is 38.3 Å². The van der Waals surface area contributed by atoms with Crippen LogP contribution in [0, 0.1) is 10.1 Å². The summed E-state index contributed by atoms with van der Waals surface area (Å²) < 4.78 is 0.550. The molecule has 5 nitrogen and oxygen atoms in total. The van der Waals surface area contributed by atoms with Gasteiger partial charge in [-0.1, -0.05) is 32.3 Å². The zero-order valence-electron chi connectivity index (χ0n) is 13.9. The first kappa shape index (κ1) is 23.6. The molecule has 1 aromatic rings. The molecule has 0 aromatic heterocycles. The molecule has 8 heteroatoms. The van der Waals surface area contributed by atoms with Crippen molar-refractivity contribution in [1.82, 2.24) is 10.2 Å². The second-order valence-corrected chi connectivity index (χ2v) is 6.62. The standard InChI is InChI=1S/C16H24BrN3O2.2ClH/c1-2-3-4-5-15(19-10-8-18-9-11-19)13-6-7-14(17)16(12-13)20(21)22;;/h6-7,12,15,18H,2-5,8-11H2,1H3;2*1H/t15-;;/m1../s1. The van der Waals surface area contributed by atoms with E-state index in [4.69, 9.17) is 0 Å². The molecule has 1 heterocycles. The Morgan fingerprint density at radius 1 is 1.29 bits per heavy atom. The molecule has 1 aliphatic rings. The van der Waals surface area contributed by atoms with Crippen molar-refractivity contribution in [3.63, 3.8) is 0 Å². The van der Waals surface area contributed by atoms with Gasteiger partial charge in [-0.15, -0.1) is 24.8 Å². The summed E-state index contributed by atoms with van der Waals surface area (Å²) in [6.45, 7) is 6.18. The van der Waals surface area contributed by atoms with Gasteiger partial charge in [0.15, 0.2) is 0 Å². The molecule has 0 bridgehead atoms. The molecular formula is C16H26BrCl2N3O2. The maximum absolute atomic E-state index is 11.2. The van der Waals surface area contributed by atoms with Crippen LogP contribution in [0.1, 0.15) is 44.2 Å². The molecule has 1 fully saturated rings. The van der Waals surface area contributed by atoms with Crippen molar-refractivity contribution in [1.29, 1.82) is 0 Å². The number of rotatable bonds is 7. The van der Waals surface area contributed by atoms with E-state index in [0.717, 1.165) is 44.6 Å². The molecule has 138 valence electrons. The molecule has 1 aromatic carbocycles. The van der Waals surface area contributed by atoms with Gasteiger partial charge in [0.05, 0.1) is 9.40 Å². The molecule has 1 aliphatic heterocycles. The van der Waals surface area contributed by atoms with E-state index in [1.807, 2.05) is 12.1 Å². The van der Waals surface area contributed by atoms with Gasteiger partial charge in [-0.05, 0) is 34.0 Å². The third-order valence-corrected chi connectivity index (χ3v) is 4.90. The fraction of sp³-hybridized carbons (Fsp3) is 0.625. The zero-order valence-corrected chi connectivity index (χ0v) is 17.1. The van der Waals surface area contributed by atoms with E-state index in [1.165, 1.54) is 12.8 Å². The molecule has 2 rings (SSSR count). The quantitative estimate of drug-likeness (QED) is 0.376. The number of nitrogens with zero attached hydrogens (tertiary/aromatic N) is 2. The summed E-state index contributed by atoms with van der Waals surface area (Å²) in [5, 5.41) is 14.6. The average molecular weight is 443 g/mol. The molecule has 0 amide bonds. The van der Waals surface area contributed by atoms with E-state index >= 15 is 0 Å². The lowest BCUT2D eigenvalue weighted by Crippen LogP contribution is -2.45. The summed E-state index contributed by atoms with van der Waals surface area (Å²) in [5.74, 6) is 0. The van der Waals surface area contributed by atoms with E-state index in [9.17, 15) is 10.1 Å². The largest absolute Gasteiger partial charge is 0.314 e. The molecule has 1 atom stereocenters. The van der Waals surface area contributed by atoms with Crippen LogP contribution in [0.5, 0.6) is 0 Å². The summed E-state index contributed by atoms with van der Waals surface area (Å²) in [6.07, 6.45) is 4.62. The van der Waals surface area contributed by atoms with Gasteiger partial charge in [-0.3, -0.25) is 15.0 Å². The Morgan fingerprint density at radius 3 is 2.54 bits per heavy atom. The smallest absolute Gasteiger partial charge is 0.283 e. The van der Waals surface area contributed by atoms with Gasteiger partial charge in [-0.2, -0.15) is 0 Å². The van der Waals surface area contributed by atoms with Crippen molar-refractivity contribution in [3.05, 3.63) is 38.3 Å². The van der Waals surface area contributed by atoms with Gasteiger partial charge in [0.25, 0.3) is 5.69 Å². The lowest BCUT2D eigenvalue weighted by atomic mass is 9.97. The third kappa shape index (κ3) is 6.48. The van der Waals surface area contributed by atoms with Crippen LogP contribution in [0.25, 0.3) is 0 Å². The fourth-order valence-corrected chi connectivity index (χ4v) is 3.41. The third-order valence-electron chi connectivity index (χ3n) is 4.23. The molecule has 0 radical (unpaired) electrons. The van der Waals surface area contributed by atoms with Crippen LogP contribution < -0.4 is 5.32 Å². The highest BCUT2D eigenvalue weighted by Crippen LogP contribution is 2.33. The van der Waals surface area contributed by atoms with Crippen LogP contribution in [0.2, 0.25) is 0 Å². The van der Waals surface area contributed by atoms with Gasteiger partial charge in [0.1, 0.15) is 0 Å². The van der Waals surface area contributed by atoms with Gasteiger partial charge in [0.2, 0.25) is 0 Å². The lowest BCUT2D eigenvalue weighted by Gasteiger charge is -2.35. The number of hydrogen-bond acceptors (Lipinski definition) is 4. The maximum Gasteiger partial charge on any atom is 0.283 e. The molecule has 1 saturated heterocycles. The predicted molar refractivity (Wildman–Crippen MR) is 107 cm³/mol. The molecule has 24 heavy (non-hydrogen) atoms. The van der Waals surface area contributed by atoms with Crippen LogP contribution in [0.15, 0.2) is 22.7 Å². The number of nitrogens with one attached hydrogen (secondary N) is 1. The number of nitro benzene ring substituents is 1. The summed E-state index contributed by atoms with van der Waals surface area (Å²) in [4.78, 5) is 13.3. The van der Waals surface area contributed by atoms with Crippen molar-refractivity contribution in [3.8, 4) is 0 Å². The Morgan fingerprint density at radius 2 is 1.96 bits per heavy atom. The minimum Gasteiger partial charge on any atom is -0.314 e. The molecule has 0 aliphatic carbocycles. The Bertz CT molecular complexity index is 514. The maximum atomic E-state index is 11.2. The first-order chi connectivity index (χ1) is 10.6. The Hall–Kier alpha value is -0.400.